The molecule has 0 spiro atoms. The summed E-state index contributed by atoms with van der Waals surface area (Å²) in [5, 5.41) is 4.35. The molecule has 0 fully saturated rings. The maximum atomic E-state index is 5.69. The minimum absolute atomic E-state index is 0.0897. The number of hydrazine groups is 1. The van der Waals surface area contributed by atoms with E-state index in [1.54, 1.807) is 0 Å². The van der Waals surface area contributed by atoms with Crippen molar-refractivity contribution in [3.63, 3.8) is 0 Å². The van der Waals surface area contributed by atoms with Gasteiger partial charge in [-0.05, 0) is 44.9 Å². The fraction of sp³-hybridized carbons (Fsp3) is 0.429. The van der Waals surface area contributed by atoms with Gasteiger partial charge in [-0.2, -0.15) is 5.10 Å². The molecule has 2 heterocycles. The molecule has 0 aliphatic heterocycles. The Labute approximate surface area is 113 Å². The van der Waals surface area contributed by atoms with Crippen molar-refractivity contribution in [2.75, 3.05) is 0 Å². The number of aromatic nitrogens is 3. The van der Waals surface area contributed by atoms with Gasteiger partial charge in [-0.25, -0.2) is 0 Å². The van der Waals surface area contributed by atoms with Gasteiger partial charge >= 0.3 is 0 Å². The number of hydrogen-bond donors (Lipinski definition) is 2. The lowest BCUT2D eigenvalue weighted by Gasteiger charge is -2.19. The van der Waals surface area contributed by atoms with E-state index in [1.165, 1.54) is 0 Å². The second kappa shape index (κ2) is 6.45. The molecule has 102 valence electrons. The fourth-order valence-corrected chi connectivity index (χ4v) is 2.19. The molecule has 1 unspecified atom stereocenters. The molecule has 2 rings (SSSR count). The van der Waals surface area contributed by atoms with E-state index >= 15 is 0 Å². The van der Waals surface area contributed by atoms with Crippen molar-refractivity contribution in [1.82, 2.24) is 20.2 Å². The number of pyridine rings is 1. The van der Waals surface area contributed by atoms with Gasteiger partial charge in [0.1, 0.15) is 0 Å². The van der Waals surface area contributed by atoms with Crippen molar-refractivity contribution < 1.29 is 0 Å². The summed E-state index contributed by atoms with van der Waals surface area (Å²) >= 11 is 0. The molecule has 0 aliphatic rings. The first-order valence-electron chi connectivity index (χ1n) is 6.62. The Balaban J connectivity index is 2.06. The van der Waals surface area contributed by atoms with E-state index in [4.69, 9.17) is 5.84 Å². The number of nitrogens with zero attached hydrogens (tertiary/aromatic N) is 3. The second-order valence-electron chi connectivity index (χ2n) is 4.87. The van der Waals surface area contributed by atoms with Crippen molar-refractivity contribution >= 4 is 0 Å². The molecule has 0 saturated heterocycles. The Kier molecular flexibility index (Phi) is 4.65. The maximum Gasteiger partial charge on any atom is 0.0632 e. The molecule has 2 aromatic rings. The van der Waals surface area contributed by atoms with Gasteiger partial charge in [0, 0.05) is 24.1 Å². The third kappa shape index (κ3) is 3.39. The van der Waals surface area contributed by atoms with Crippen LogP contribution in [0.3, 0.4) is 0 Å². The van der Waals surface area contributed by atoms with E-state index in [0.29, 0.717) is 6.04 Å². The van der Waals surface area contributed by atoms with Crippen molar-refractivity contribution in [3.8, 4) is 0 Å². The summed E-state index contributed by atoms with van der Waals surface area (Å²) in [7, 11) is 0. The van der Waals surface area contributed by atoms with Crippen LogP contribution in [-0.2, 0) is 6.42 Å². The van der Waals surface area contributed by atoms with Crippen molar-refractivity contribution in [3.05, 3.63) is 48.0 Å². The van der Waals surface area contributed by atoms with Gasteiger partial charge in [-0.1, -0.05) is 6.07 Å². The Morgan fingerprint density at radius 2 is 2.11 bits per heavy atom. The summed E-state index contributed by atoms with van der Waals surface area (Å²) in [5.74, 6) is 5.69. The first-order chi connectivity index (χ1) is 9.22. The smallest absolute Gasteiger partial charge is 0.0632 e. The van der Waals surface area contributed by atoms with Crippen molar-refractivity contribution in [2.24, 2.45) is 5.84 Å². The highest BCUT2D eigenvalue weighted by atomic mass is 15.3. The van der Waals surface area contributed by atoms with E-state index in [0.717, 1.165) is 24.2 Å². The first kappa shape index (κ1) is 13.7. The molecular formula is C14H21N5. The van der Waals surface area contributed by atoms with Gasteiger partial charge in [0.25, 0.3) is 0 Å². The molecule has 0 amide bonds. The summed E-state index contributed by atoms with van der Waals surface area (Å²) in [4.78, 5) is 4.33. The lowest BCUT2D eigenvalue weighted by molar-refractivity contribution is 0.432. The van der Waals surface area contributed by atoms with Gasteiger partial charge in [0.05, 0.1) is 11.7 Å². The molecule has 3 N–H and O–H groups in total. The van der Waals surface area contributed by atoms with E-state index in [-0.39, 0.29) is 6.04 Å². The van der Waals surface area contributed by atoms with Crippen molar-refractivity contribution in [2.45, 2.75) is 38.8 Å². The summed E-state index contributed by atoms with van der Waals surface area (Å²) < 4.78 is 2.00. The Morgan fingerprint density at radius 3 is 2.74 bits per heavy atom. The highest BCUT2D eigenvalue weighted by Gasteiger charge is 2.16. The van der Waals surface area contributed by atoms with Crippen LogP contribution < -0.4 is 11.3 Å². The summed E-state index contributed by atoms with van der Waals surface area (Å²) in [5.41, 5.74) is 5.08. The topological polar surface area (TPSA) is 68.8 Å². The molecular weight excluding hydrogens is 238 g/mol. The molecule has 5 nitrogen and oxygen atoms in total. The van der Waals surface area contributed by atoms with Crippen molar-refractivity contribution in [1.29, 1.82) is 0 Å². The Morgan fingerprint density at radius 1 is 1.26 bits per heavy atom. The summed E-state index contributed by atoms with van der Waals surface area (Å²) in [6, 6.07) is 8.40. The van der Waals surface area contributed by atoms with Crippen LogP contribution in [0.25, 0.3) is 0 Å². The molecule has 0 bridgehead atoms. The monoisotopic (exact) mass is 259 g/mol. The van der Waals surface area contributed by atoms with Gasteiger partial charge in [-0.15, -0.1) is 0 Å². The minimum atomic E-state index is 0.0897. The quantitative estimate of drug-likeness (QED) is 0.615. The number of aryl methyl sites for hydroxylation is 1. The third-order valence-corrected chi connectivity index (χ3v) is 3.16. The van der Waals surface area contributed by atoms with E-state index in [1.807, 2.05) is 41.3 Å². The zero-order valence-electron chi connectivity index (χ0n) is 11.5. The fourth-order valence-electron chi connectivity index (χ4n) is 2.19. The SMILES string of the molecule is CC(C)n1nccc1C(CCc1ccccn1)NN. The predicted molar refractivity (Wildman–Crippen MR) is 75.2 cm³/mol. The van der Waals surface area contributed by atoms with Gasteiger partial charge in [0.2, 0.25) is 0 Å². The number of hydrogen-bond acceptors (Lipinski definition) is 4. The second-order valence-corrected chi connectivity index (χ2v) is 4.87. The summed E-state index contributed by atoms with van der Waals surface area (Å²) in [6.07, 6.45) is 5.42. The van der Waals surface area contributed by atoms with Crippen LogP contribution in [0.1, 0.15) is 43.7 Å². The van der Waals surface area contributed by atoms with Crippen LogP contribution in [0, 0.1) is 0 Å². The van der Waals surface area contributed by atoms with Gasteiger partial charge in [-0.3, -0.25) is 20.9 Å². The van der Waals surface area contributed by atoms with E-state index in [2.05, 4.69) is 29.4 Å². The Bertz CT molecular complexity index is 492. The normalized spacial score (nSPS) is 12.8. The van der Waals surface area contributed by atoms with E-state index < -0.39 is 0 Å². The molecule has 19 heavy (non-hydrogen) atoms. The Hall–Kier alpha value is -1.72. The lowest BCUT2D eigenvalue weighted by atomic mass is 10.1. The largest absolute Gasteiger partial charge is 0.271 e. The highest BCUT2D eigenvalue weighted by molar-refractivity contribution is 5.10. The van der Waals surface area contributed by atoms with Gasteiger partial charge < -0.3 is 0 Å². The van der Waals surface area contributed by atoms with Crippen LogP contribution in [0.15, 0.2) is 36.7 Å². The maximum absolute atomic E-state index is 5.69. The molecule has 2 aromatic heterocycles. The zero-order chi connectivity index (χ0) is 13.7. The predicted octanol–water partition coefficient (Wildman–Crippen LogP) is 2.00. The van der Waals surface area contributed by atoms with Crippen LogP contribution in [0.4, 0.5) is 0 Å². The van der Waals surface area contributed by atoms with E-state index in [9.17, 15) is 0 Å². The zero-order valence-corrected chi connectivity index (χ0v) is 11.5. The van der Waals surface area contributed by atoms with Gasteiger partial charge in [0.15, 0.2) is 0 Å². The first-order valence-corrected chi connectivity index (χ1v) is 6.62. The molecule has 0 aliphatic carbocycles. The molecule has 1 atom stereocenters. The van der Waals surface area contributed by atoms with Crippen LogP contribution in [-0.4, -0.2) is 14.8 Å². The summed E-state index contributed by atoms with van der Waals surface area (Å²) in [6.45, 7) is 4.23. The molecule has 5 heteroatoms. The number of nitrogens with two attached hydrogens (primary N) is 1. The molecule has 0 radical (unpaired) electrons. The van der Waals surface area contributed by atoms with Crippen LogP contribution in [0.2, 0.25) is 0 Å². The van der Waals surface area contributed by atoms with Crippen LogP contribution in [0.5, 0.6) is 0 Å². The minimum Gasteiger partial charge on any atom is -0.271 e. The number of rotatable bonds is 6. The third-order valence-electron chi connectivity index (χ3n) is 3.16. The molecule has 0 saturated carbocycles. The average Bonchev–Trinajstić information content (AvgIpc) is 2.90. The average molecular weight is 259 g/mol. The standard InChI is InChI=1S/C14H21N5/c1-11(2)19-14(8-10-17-19)13(18-15)7-6-12-5-3-4-9-16-12/h3-5,8-11,13,18H,6-7,15H2,1-2H3. The van der Waals surface area contributed by atoms with Crippen LogP contribution >= 0.6 is 0 Å². The highest BCUT2D eigenvalue weighted by Crippen LogP contribution is 2.20. The lowest BCUT2D eigenvalue weighted by Crippen LogP contribution is -2.30. The molecule has 0 aromatic carbocycles. The number of nitrogens with one attached hydrogen (secondary N) is 1.